The van der Waals surface area contributed by atoms with Gasteiger partial charge in [-0.2, -0.15) is 0 Å². The molecule has 0 aromatic heterocycles. The second-order valence-electron chi connectivity index (χ2n) is 6.10. The number of rotatable bonds is 6. The van der Waals surface area contributed by atoms with Crippen molar-refractivity contribution >= 4 is 5.78 Å². The number of aliphatic hydroxyl groups is 1. The Morgan fingerprint density at radius 2 is 2.10 bits per heavy atom. The first-order chi connectivity index (χ1) is 9.33. The maximum absolute atomic E-state index is 12.3. The Hall–Kier alpha value is -0.970. The second-order valence-corrected chi connectivity index (χ2v) is 6.10. The average molecular weight is 282 g/mol. The lowest BCUT2D eigenvalue weighted by Crippen LogP contribution is -2.34. The zero-order valence-electron chi connectivity index (χ0n) is 13.2. The Kier molecular flexibility index (Phi) is 6.11. The van der Waals surface area contributed by atoms with E-state index in [1.54, 1.807) is 7.11 Å². The van der Waals surface area contributed by atoms with Crippen LogP contribution in [0.5, 0.6) is 0 Å². The molecule has 0 aromatic carbocycles. The molecule has 4 heteroatoms. The van der Waals surface area contributed by atoms with Crippen molar-refractivity contribution in [1.29, 1.82) is 0 Å². The summed E-state index contributed by atoms with van der Waals surface area (Å²) in [5.41, 5.74) is 2.27. The van der Waals surface area contributed by atoms with E-state index in [0.29, 0.717) is 12.0 Å². The number of methoxy groups -OCH3 is 1. The average Bonchev–Trinajstić information content (AvgIpc) is 2.36. The van der Waals surface area contributed by atoms with Crippen molar-refractivity contribution in [2.75, 3.05) is 20.5 Å². The maximum Gasteiger partial charge on any atom is 0.161 e. The molecule has 0 aliphatic heterocycles. The van der Waals surface area contributed by atoms with E-state index in [0.717, 1.165) is 17.6 Å². The van der Waals surface area contributed by atoms with Crippen molar-refractivity contribution in [2.45, 2.75) is 46.6 Å². The van der Waals surface area contributed by atoms with Gasteiger partial charge in [0, 0.05) is 19.1 Å². The van der Waals surface area contributed by atoms with Crippen LogP contribution < -0.4 is 0 Å². The smallest absolute Gasteiger partial charge is 0.161 e. The first-order valence-electron chi connectivity index (χ1n) is 6.96. The fraction of sp³-hybridized carbons (Fsp3) is 0.688. The molecular weight excluding hydrogens is 256 g/mol. The van der Waals surface area contributed by atoms with Gasteiger partial charge in [-0.25, -0.2) is 0 Å². The number of aliphatic hydroxyl groups excluding tert-OH is 1. The van der Waals surface area contributed by atoms with Gasteiger partial charge in [0.05, 0.1) is 6.61 Å². The summed E-state index contributed by atoms with van der Waals surface area (Å²) in [5, 5.41) is 9.71. The van der Waals surface area contributed by atoms with E-state index < -0.39 is 6.10 Å². The first-order valence-corrected chi connectivity index (χ1v) is 6.96. The molecule has 20 heavy (non-hydrogen) atoms. The van der Waals surface area contributed by atoms with Crippen molar-refractivity contribution in [3.05, 3.63) is 22.8 Å². The molecule has 0 spiro atoms. The molecule has 0 amide bonds. The van der Waals surface area contributed by atoms with Gasteiger partial charge >= 0.3 is 0 Å². The van der Waals surface area contributed by atoms with Gasteiger partial charge in [0.25, 0.3) is 0 Å². The van der Waals surface area contributed by atoms with Crippen LogP contribution in [0.15, 0.2) is 22.8 Å². The van der Waals surface area contributed by atoms with Crippen LogP contribution in [-0.2, 0) is 14.3 Å². The van der Waals surface area contributed by atoms with E-state index in [9.17, 15) is 9.90 Å². The van der Waals surface area contributed by atoms with E-state index in [1.165, 1.54) is 0 Å². The van der Waals surface area contributed by atoms with Crippen LogP contribution in [0.3, 0.4) is 0 Å². The molecule has 1 aliphatic rings. The van der Waals surface area contributed by atoms with Gasteiger partial charge in [0.2, 0.25) is 0 Å². The highest BCUT2D eigenvalue weighted by Crippen LogP contribution is 2.40. The molecule has 0 radical (unpaired) electrons. The molecule has 114 valence electrons. The third-order valence-electron chi connectivity index (χ3n) is 3.71. The van der Waals surface area contributed by atoms with Gasteiger partial charge in [-0.15, -0.1) is 0 Å². The van der Waals surface area contributed by atoms with Gasteiger partial charge in [-0.3, -0.25) is 4.79 Å². The van der Waals surface area contributed by atoms with E-state index in [4.69, 9.17) is 9.47 Å². The predicted molar refractivity (Wildman–Crippen MR) is 78.3 cm³/mol. The van der Waals surface area contributed by atoms with E-state index in [2.05, 4.69) is 13.8 Å². The molecule has 1 rings (SSSR count). The number of allylic oxidation sites excluding steroid dienone is 1. The van der Waals surface area contributed by atoms with Crippen LogP contribution in [0, 0.1) is 5.41 Å². The molecule has 1 N–H and O–H groups in total. The molecule has 0 heterocycles. The Balaban J connectivity index is 3.27. The number of carbonyl (C=O) groups is 1. The van der Waals surface area contributed by atoms with E-state index >= 15 is 0 Å². The monoisotopic (exact) mass is 282 g/mol. The van der Waals surface area contributed by atoms with Crippen molar-refractivity contribution in [3.63, 3.8) is 0 Å². The molecule has 0 saturated carbocycles. The number of ketones is 1. The lowest BCUT2D eigenvalue weighted by molar-refractivity contribution is -0.119. The van der Waals surface area contributed by atoms with Crippen molar-refractivity contribution in [2.24, 2.45) is 5.41 Å². The minimum atomic E-state index is -0.450. The van der Waals surface area contributed by atoms with Crippen LogP contribution in [0.25, 0.3) is 0 Å². The second kappa shape index (κ2) is 7.16. The normalized spacial score (nSPS) is 20.0. The fourth-order valence-corrected chi connectivity index (χ4v) is 2.53. The molecule has 0 fully saturated rings. The van der Waals surface area contributed by atoms with Crippen LogP contribution in [0.2, 0.25) is 0 Å². The zero-order chi connectivity index (χ0) is 15.3. The summed E-state index contributed by atoms with van der Waals surface area (Å²) in [7, 11) is 1.55. The summed E-state index contributed by atoms with van der Waals surface area (Å²) in [6, 6.07) is 0. The first kappa shape index (κ1) is 17.1. The molecule has 4 nitrogen and oxygen atoms in total. The molecule has 0 bridgehead atoms. The SMILES string of the molecule is COCOC(C=C(C)C)C1=C(CO)C(C)(C)CCC1=O. The van der Waals surface area contributed by atoms with E-state index in [1.807, 2.05) is 19.9 Å². The summed E-state index contributed by atoms with van der Waals surface area (Å²) in [4.78, 5) is 12.3. The van der Waals surface area contributed by atoms with Gasteiger partial charge < -0.3 is 14.6 Å². The van der Waals surface area contributed by atoms with Gasteiger partial charge in [0.15, 0.2) is 5.78 Å². The van der Waals surface area contributed by atoms with Crippen molar-refractivity contribution in [1.82, 2.24) is 0 Å². The lowest BCUT2D eigenvalue weighted by atomic mass is 9.71. The largest absolute Gasteiger partial charge is 0.392 e. The minimum absolute atomic E-state index is 0.0620. The number of hydrogen-bond donors (Lipinski definition) is 1. The fourth-order valence-electron chi connectivity index (χ4n) is 2.53. The summed E-state index contributed by atoms with van der Waals surface area (Å²) >= 11 is 0. The third-order valence-corrected chi connectivity index (χ3v) is 3.71. The molecule has 0 aromatic rings. The highest BCUT2D eigenvalue weighted by molar-refractivity contribution is 5.98. The van der Waals surface area contributed by atoms with Crippen LogP contribution >= 0.6 is 0 Å². The molecule has 1 aliphatic carbocycles. The zero-order valence-corrected chi connectivity index (χ0v) is 13.2. The number of ether oxygens (including phenoxy) is 2. The Bertz CT molecular complexity index is 414. The summed E-state index contributed by atoms with van der Waals surface area (Å²) in [6.45, 7) is 8.03. The maximum atomic E-state index is 12.3. The minimum Gasteiger partial charge on any atom is -0.392 e. The summed E-state index contributed by atoms with van der Waals surface area (Å²) in [5.74, 6) is 0.0620. The molecule has 1 atom stereocenters. The van der Waals surface area contributed by atoms with Gasteiger partial charge in [-0.05, 0) is 31.3 Å². The number of Topliss-reactive ketones (excluding diaryl/α,β-unsaturated/α-hetero) is 1. The standard InChI is InChI=1S/C16H26O4/c1-11(2)8-14(20-10-19-5)15-12(9-17)16(3,4)7-6-13(15)18/h8,14,17H,6-7,9-10H2,1-5H3. The molecule has 1 unspecified atom stereocenters. The predicted octanol–water partition coefficient (Wildman–Crippen LogP) is 2.62. The highest BCUT2D eigenvalue weighted by atomic mass is 16.7. The Labute approximate surface area is 121 Å². The van der Waals surface area contributed by atoms with Crippen LogP contribution in [0.1, 0.15) is 40.5 Å². The van der Waals surface area contributed by atoms with Crippen molar-refractivity contribution in [3.8, 4) is 0 Å². The molecular formula is C16H26O4. The lowest BCUT2D eigenvalue weighted by Gasteiger charge is -2.35. The Morgan fingerprint density at radius 1 is 1.45 bits per heavy atom. The van der Waals surface area contributed by atoms with Gasteiger partial charge in [-0.1, -0.05) is 25.5 Å². The van der Waals surface area contributed by atoms with E-state index in [-0.39, 0.29) is 24.6 Å². The molecule has 0 saturated heterocycles. The highest BCUT2D eigenvalue weighted by Gasteiger charge is 2.36. The van der Waals surface area contributed by atoms with Crippen molar-refractivity contribution < 1.29 is 19.4 Å². The van der Waals surface area contributed by atoms with Gasteiger partial charge in [0.1, 0.15) is 12.9 Å². The Morgan fingerprint density at radius 3 is 2.60 bits per heavy atom. The van der Waals surface area contributed by atoms with Crippen LogP contribution in [-0.4, -0.2) is 37.5 Å². The number of carbonyl (C=O) groups excluding carboxylic acids is 1. The third kappa shape index (κ3) is 4.01. The summed E-state index contributed by atoms with van der Waals surface area (Å²) in [6.07, 6.45) is 2.71. The summed E-state index contributed by atoms with van der Waals surface area (Å²) < 4.78 is 10.6. The topological polar surface area (TPSA) is 55.8 Å². The quantitative estimate of drug-likeness (QED) is 0.601. The van der Waals surface area contributed by atoms with Crippen LogP contribution in [0.4, 0.5) is 0 Å². The number of hydrogen-bond acceptors (Lipinski definition) is 4.